The van der Waals surface area contributed by atoms with Gasteiger partial charge in [-0.05, 0) is 51.3 Å². The number of amides is 1. The van der Waals surface area contributed by atoms with E-state index in [9.17, 15) is 4.79 Å². The maximum atomic E-state index is 12.2. The number of aryl methyl sites for hydroxylation is 4. The smallest absolute Gasteiger partial charge is 0.251 e. The summed E-state index contributed by atoms with van der Waals surface area (Å²) in [6.07, 6.45) is 5.60. The largest absolute Gasteiger partial charge is 0.352 e. The summed E-state index contributed by atoms with van der Waals surface area (Å²) >= 11 is 0. The Balaban J connectivity index is 1.53. The molecule has 0 unspecified atom stereocenters. The normalized spacial score (nSPS) is 11.0. The molecule has 5 heteroatoms. The molecule has 3 rings (SSSR count). The van der Waals surface area contributed by atoms with Crippen LogP contribution in [0, 0.1) is 20.8 Å². The molecule has 0 bridgehead atoms. The molecule has 1 N–H and O–H groups in total. The number of nitrogens with one attached hydrogen (secondary N) is 1. The number of aromatic nitrogens is 3. The monoisotopic (exact) mass is 322 g/mol. The van der Waals surface area contributed by atoms with Gasteiger partial charge in [-0.1, -0.05) is 17.2 Å². The summed E-state index contributed by atoms with van der Waals surface area (Å²) in [5.74, 6) is -0.0157. The number of benzene rings is 1. The van der Waals surface area contributed by atoms with E-state index in [0.717, 1.165) is 46.4 Å². The van der Waals surface area contributed by atoms with Crippen LogP contribution in [0.4, 0.5) is 0 Å². The van der Waals surface area contributed by atoms with Gasteiger partial charge in [-0.3, -0.25) is 4.79 Å². The minimum Gasteiger partial charge on any atom is -0.352 e. The van der Waals surface area contributed by atoms with Gasteiger partial charge in [-0.2, -0.15) is 5.10 Å². The Labute approximate surface area is 141 Å². The summed E-state index contributed by atoms with van der Waals surface area (Å²) in [4.78, 5) is 16.6. The number of hydrogen-bond donors (Lipinski definition) is 1. The predicted octanol–water partition coefficient (Wildman–Crippen LogP) is 3.02. The molecule has 5 nitrogen and oxygen atoms in total. The molecule has 0 spiro atoms. The van der Waals surface area contributed by atoms with Gasteiger partial charge in [0.15, 0.2) is 5.65 Å². The summed E-state index contributed by atoms with van der Waals surface area (Å²) in [7, 11) is 0. The van der Waals surface area contributed by atoms with Crippen molar-refractivity contribution < 1.29 is 4.79 Å². The molecular formula is C19H22N4O. The lowest BCUT2D eigenvalue weighted by molar-refractivity contribution is 0.0953. The number of hydrogen-bond acceptors (Lipinski definition) is 3. The van der Waals surface area contributed by atoms with Gasteiger partial charge in [-0.25, -0.2) is 9.50 Å². The molecule has 1 aromatic carbocycles. The van der Waals surface area contributed by atoms with E-state index >= 15 is 0 Å². The van der Waals surface area contributed by atoms with Crippen LogP contribution in [0.3, 0.4) is 0 Å². The molecule has 2 heterocycles. The third-order valence-corrected chi connectivity index (χ3v) is 3.90. The van der Waals surface area contributed by atoms with Crippen LogP contribution >= 0.6 is 0 Å². The summed E-state index contributed by atoms with van der Waals surface area (Å²) in [6.45, 7) is 6.60. The lowest BCUT2D eigenvalue weighted by Gasteiger charge is -2.07. The van der Waals surface area contributed by atoms with Crippen LogP contribution in [0.15, 0.2) is 36.7 Å². The Morgan fingerprint density at radius 3 is 2.62 bits per heavy atom. The second kappa shape index (κ2) is 6.83. The number of fused-ring (bicyclic) bond motifs is 1. The number of carbonyl (C=O) groups is 1. The first kappa shape index (κ1) is 16.2. The van der Waals surface area contributed by atoms with E-state index in [1.165, 1.54) is 0 Å². The Kier molecular flexibility index (Phi) is 4.60. The van der Waals surface area contributed by atoms with E-state index in [1.54, 1.807) is 4.52 Å². The van der Waals surface area contributed by atoms with Crippen LogP contribution in [0.25, 0.3) is 5.65 Å². The summed E-state index contributed by atoms with van der Waals surface area (Å²) in [6, 6.07) is 7.85. The molecule has 2 aromatic heterocycles. The first-order chi connectivity index (χ1) is 11.5. The molecule has 124 valence electrons. The summed E-state index contributed by atoms with van der Waals surface area (Å²) < 4.78 is 1.80. The van der Waals surface area contributed by atoms with Crippen molar-refractivity contribution in [1.29, 1.82) is 0 Å². The fourth-order valence-electron chi connectivity index (χ4n) is 2.87. The first-order valence-electron chi connectivity index (χ1n) is 8.19. The SMILES string of the molecule is Cc1cc(C)cc(C(=O)NCCCc2cnc3cc(C)nn3c2)c1. The van der Waals surface area contributed by atoms with Gasteiger partial charge in [0.1, 0.15) is 0 Å². The fourth-order valence-corrected chi connectivity index (χ4v) is 2.87. The average molecular weight is 322 g/mol. The zero-order valence-electron chi connectivity index (χ0n) is 14.3. The zero-order chi connectivity index (χ0) is 17.1. The van der Waals surface area contributed by atoms with Crippen molar-refractivity contribution >= 4 is 11.6 Å². The van der Waals surface area contributed by atoms with Crippen LogP contribution in [0.1, 0.15) is 39.2 Å². The van der Waals surface area contributed by atoms with Crippen LogP contribution in [0.5, 0.6) is 0 Å². The highest BCUT2D eigenvalue weighted by Crippen LogP contribution is 2.09. The summed E-state index contributed by atoms with van der Waals surface area (Å²) in [5, 5.41) is 7.35. The van der Waals surface area contributed by atoms with Crippen molar-refractivity contribution in [2.75, 3.05) is 6.54 Å². The van der Waals surface area contributed by atoms with Gasteiger partial charge in [0.25, 0.3) is 5.91 Å². The Morgan fingerprint density at radius 2 is 1.88 bits per heavy atom. The third kappa shape index (κ3) is 3.79. The van der Waals surface area contributed by atoms with Crippen molar-refractivity contribution in [3.63, 3.8) is 0 Å². The van der Waals surface area contributed by atoms with E-state index in [0.29, 0.717) is 6.54 Å². The minimum absolute atomic E-state index is 0.0157. The van der Waals surface area contributed by atoms with Gasteiger partial charge in [0.05, 0.1) is 5.69 Å². The van der Waals surface area contributed by atoms with Gasteiger partial charge >= 0.3 is 0 Å². The lowest BCUT2D eigenvalue weighted by atomic mass is 10.1. The van der Waals surface area contributed by atoms with Crippen molar-refractivity contribution in [3.8, 4) is 0 Å². The predicted molar refractivity (Wildman–Crippen MR) is 94.3 cm³/mol. The molecule has 0 aliphatic carbocycles. The van der Waals surface area contributed by atoms with Crippen LogP contribution in [0.2, 0.25) is 0 Å². The topological polar surface area (TPSA) is 59.3 Å². The van der Waals surface area contributed by atoms with Crippen LogP contribution < -0.4 is 5.32 Å². The Bertz CT molecular complexity index is 862. The van der Waals surface area contributed by atoms with E-state index < -0.39 is 0 Å². The standard InChI is InChI=1S/C19H22N4O/c1-13-7-14(2)9-17(8-13)19(24)20-6-4-5-16-11-21-18-10-15(3)22-23(18)12-16/h7-12H,4-6H2,1-3H3,(H,20,24). The summed E-state index contributed by atoms with van der Waals surface area (Å²) in [5.41, 5.74) is 5.87. The van der Waals surface area contributed by atoms with Crippen molar-refractivity contribution in [1.82, 2.24) is 19.9 Å². The second-order valence-electron chi connectivity index (χ2n) is 6.29. The van der Waals surface area contributed by atoms with E-state index in [2.05, 4.69) is 21.5 Å². The highest BCUT2D eigenvalue weighted by atomic mass is 16.1. The molecule has 0 fully saturated rings. The highest BCUT2D eigenvalue weighted by molar-refractivity contribution is 5.94. The van der Waals surface area contributed by atoms with Gasteiger partial charge < -0.3 is 5.32 Å². The maximum absolute atomic E-state index is 12.2. The molecule has 0 aliphatic rings. The average Bonchev–Trinajstić information content (AvgIpc) is 2.89. The van der Waals surface area contributed by atoms with Crippen molar-refractivity contribution in [2.45, 2.75) is 33.6 Å². The van der Waals surface area contributed by atoms with Crippen LogP contribution in [-0.2, 0) is 6.42 Å². The van der Waals surface area contributed by atoms with E-state index in [-0.39, 0.29) is 5.91 Å². The van der Waals surface area contributed by atoms with E-state index in [4.69, 9.17) is 0 Å². The Morgan fingerprint density at radius 1 is 1.12 bits per heavy atom. The minimum atomic E-state index is -0.0157. The van der Waals surface area contributed by atoms with Crippen molar-refractivity contribution in [3.05, 3.63) is 64.6 Å². The molecule has 24 heavy (non-hydrogen) atoms. The van der Waals surface area contributed by atoms with Gasteiger partial charge in [-0.15, -0.1) is 0 Å². The number of nitrogens with zero attached hydrogens (tertiary/aromatic N) is 3. The fraction of sp³-hybridized carbons (Fsp3) is 0.316. The van der Waals surface area contributed by atoms with Crippen LogP contribution in [-0.4, -0.2) is 27.0 Å². The molecule has 0 radical (unpaired) electrons. The van der Waals surface area contributed by atoms with Crippen molar-refractivity contribution in [2.24, 2.45) is 0 Å². The Hall–Kier alpha value is -2.69. The zero-order valence-corrected chi connectivity index (χ0v) is 14.3. The molecule has 1 amide bonds. The number of rotatable bonds is 5. The lowest BCUT2D eigenvalue weighted by Crippen LogP contribution is -2.25. The molecule has 0 aliphatic heterocycles. The quantitative estimate of drug-likeness (QED) is 0.735. The number of carbonyl (C=O) groups excluding carboxylic acids is 1. The molecule has 0 atom stereocenters. The van der Waals surface area contributed by atoms with E-state index in [1.807, 2.05) is 51.4 Å². The van der Waals surface area contributed by atoms with Gasteiger partial charge in [0.2, 0.25) is 0 Å². The first-order valence-corrected chi connectivity index (χ1v) is 8.19. The second-order valence-corrected chi connectivity index (χ2v) is 6.29. The molecule has 3 aromatic rings. The highest BCUT2D eigenvalue weighted by Gasteiger charge is 2.06. The van der Waals surface area contributed by atoms with Gasteiger partial charge in [0, 0.05) is 30.6 Å². The third-order valence-electron chi connectivity index (χ3n) is 3.90. The molecule has 0 saturated carbocycles. The maximum Gasteiger partial charge on any atom is 0.251 e. The molecular weight excluding hydrogens is 300 g/mol. The molecule has 0 saturated heterocycles.